The van der Waals surface area contributed by atoms with Crippen LogP contribution >= 0.6 is 11.6 Å². The number of carboxylic acids is 1. The Kier molecular flexibility index (Phi) is 3.91. The predicted molar refractivity (Wildman–Crippen MR) is 64.6 cm³/mol. The topological polar surface area (TPSA) is 79.5 Å². The summed E-state index contributed by atoms with van der Waals surface area (Å²) in [5.41, 5.74) is 0.317. The highest BCUT2D eigenvalue weighted by molar-refractivity contribution is 6.32. The molecular formula is C12H14ClNO4. The molecule has 5 nitrogen and oxygen atoms in total. The van der Waals surface area contributed by atoms with Crippen LogP contribution in [0.2, 0.25) is 5.22 Å². The average Bonchev–Trinajstić information content (AvgIpc) is 2.76. The van der Waals surface area contributed by atoms with E-state index >= 15 is 0 Å². The molecule has 1 saturated carbocycles. The summed E-state index contributed by atoms with van der Waals surface area (Å²) < 4.78 is 4.85. The fourth-order valence-electron chi connectivity index (χ4n) is 2.20. The number of hydrogen-bond acceptors (Lipinski definition) is 3. The Hall–Kier alpha value is -1.49. The van der Waals surface area contributed by atoms with Gasteiger partial charge in [0.2, 0.25) is 5.22 Å². The van der Waals surface area contributed by atoms with Crippen LogP contribution in [0.3, 0.4) is 0 Å². The summed E-state index contributed by atoms with van der Waals surface area (Å²) in [5.74, 6) is -1.30. The molecule has 0 aromatic carbocycles. The Morgan fingerprint density at radius 1 is 1.33 bits per heavy atom. The number of carbonyl (C=O) groups is 2. The van der Waals surface area contributed by atoms with Gasteiger partial charge in [0.25, 0.3) is 5.91 Å². The van der Waals surface area contributed by atoms with E-state index in [1.165, 1.54) is 12.3 Å². The lowest BCUT2D eigenvalue weighted by Gasteiger charge is -2.26. The molecule has 0 aliphatic heterocycles. The Bertz CT molecular complexity index is 449. The molecule has 1 aromatic rings. The molecule has 0 bridgehead atoms. The van der Waals surface area contributed by atoms with Gasteiger partial charge >= 0.3 is 5.97 Å². The van der Waals surface area contributed by atoms with Gasteiger partial charge in [-0.25, -0.2) is 0 Å². The molecule has 98 valence electrons. The summed E-state index contributed by atoms with van der Waals surface area (Å²) in [7, 11) is 0. The maximum atomic E-state index is 11.8. The number of amides is 1. The highest BCUT2D eigenvalue weighted by atomic mass is 35.5. The van der Waals surface area contributed by atoms with Gasteiger partial charge in [0, 0.05) is 6.04 Å². The number of nitrogens with one attached hydrogen (secondary N) is 1. The molecule has 0 radical (unpaired) electrons. The van der Waals surface area contributed by atoms with Crippen molar-refractivity contribution < 1.29 is 19.1 Å². The normalized spacial score (nSPS) is 23.6. The summed E-state index contributed by atoms with van der Waals surface area (Å²) in [4.78, 5) is 22.6. The molecule has 0 spiro atoms. The van der Waals surface area contributed by atoms with Gasteiger partial charge in [-0.3, -0.25) is 9.59 Å². The predicted octanol–water partition coefficient (Wildman–Crippen LogP) is 2.31. The zero-order valence-electron chi connectivity index (χ0n) is 9.69. The van der Waals surface area contributed by atoms with Crippen molar-refractivity contribution in [2.45, 2.75) is 31.7 Å². The minimum atomic E-state index is -0.752. The smallest absolute Gasteiger partial charge is 0.306 e. The van der Waals surface area contributed by atoms with E-state index in [2.05, 4.69) is 5.32 Å². The van der Waals surface area contributed by atoms with Gasteiger partial charge in [0.1, 0.15) is 0 Å². The number of aliphatic carboxylic acids is 1. The van der Waals surface area contributed by atoms with Crippen molar-refractivity contribution in [1.82, 2.24) is 5.32 Å². The lowest BCUT2D eigenvalue weighted by atomic mass is 9.86. The van der Waals surface area contributed by atoms with Crippen molar-refractivity contribution in [3.63, 3.8) is 0 Å². The zero-order chi connectivity index (χ0) is 13.1. The maximum absolute atomic E-state index is 11.8. The van der Waals surface area contributed by atoms with Gasteiger partial charge in [-0.2, -0.15) is 0 Å². The summed E-state index contributed by atoms with van der Waals surface area (Å²) in [6.07, 6.45) is 3.91. The molecule has 6 heteroatoms. The Morgan fingerprint density at radius 2 is 2.00 bits per heavy atom. The minimum absolute atomic E-state index is 0.0130. The number of halogens is 1. The molecule has 1 amide bonds. The van der Waals surface area contributed by atoms with Gasteiger partial charge in [-0.15, -0.1) is 0 Å². The zero-order valence-corrected chi connectivity index (χ0v) is 10.4. The summed E-state index contributed by atoms with van der Waals surface area (Å²) in [6.45, 7) is 0. The first-order chi connectivity index (χ1) is 8.58. The van der Waals surface area contributed by atoms with Crippen LogP contribution < -0.4 is 5.32 Å². The van der Waals surface area contributed by atoms with Crippen molar-refractivity contribution in [3.05, 3.63) is 23.1 Å². The lowest BCUT2D eigenvalue weighted by molar-refractivity contribution is -0.142. The van der Waals surface area contributed by atoms with Crippen molar-refractivity contribution >= 4 is 23.5 Å². The number of hydrogen-bond donors (Lipinski definition) is 2. The van der Waals surface area contributed by atoms with E-state index in [1.54, 1.807) is 0 Å². The molecule has 2 rings (SSSR count). The summed E-state index contributed by atoms with van der Waals surface area (Å²) in [6, 6.07) is 1.53. The van der Waals surface area contributed by atoms with E-state index < -0.39 is 5.97 Å². The fraction of sp³-hybridized carbons (Fsp3) is 0.500. The monoisotopic (exact) mass is 271 g/mol. The van der Waals surface area contributed by atoms with Gasteiger partial charge in [-0.05, 0) is 43.4 Å². The molecule has 0 unspecified atom stereocenters. The van der Waals surface area contributed by atoms with E-state index in [4.69, 9.17) is 21.1 Å². The van der Waals surface area contributed by atoms with E-state index in [1.807, 2.05) is 0 Å². The summed E-state index contributed by atoms with van der Waals surface area (Å²) in [5, 5.41) is 11.8. The number of rotatable bonds is 3. The van der Waals surface area contributed by atoms with Gasteiger partial charge < -0.3 is 14.8 Å². The Labute approximate surface area is 109 Å². The van der Waals surface area contributed by atoms with Crippen molar-refractivity contribution in [3.8, 4) is 0 Å². The Morgan fingerprint density at radius 3 is 2.50 bits per heavy atom. The largest absolute Gasteiger partial charge is 0.481 e. The van der Waals surface area contributed by atoms with E-state index in [-0.39, 0.29) is 23.1 Å². The molecule has 1 fully saturated rings. The highest BCUT2D eigenvalue weighted by Gasteiger charge is 2.27. The van der Waals surface area contributed by atoms with Crippen molar-refractivity contribution in [2.24, 2.45) is 5.92 Å². The second-order valence-electron chi connectivity index (χ2n) is 4.47. The quantitative estimate of drug-likeness (QED) is 0.884. The molecule has 1 aliphatic rings. The molecule has 0 atom stereocenters. The van der Waals surface area contributed by atoms with Crippen LogP contribution in [0.1, 0.15) is 36.0 Å². The molecule has 0 saturated heterocycles. The van der Waals surface area contributed by atoms with Crippen LogP contribution in [-0.4, -0.2) is 23.0 Å². The van der Waals surface area contributed by atoms with Crippen LogP contribution in [0.15, 0.2) is 16.7 Å². The third kappa shape index (κ3) is 2.85. The minimum Gasteiger partial charge on any atom is -0.481 e. The van der Waals surface area contributed by atoms with Crippen molar-refractivity contribution in [1.29, 1.82) is 0 Å². The first kappa shape index (κ1) is 13.0. The van der Waals surface area contributed by atoms with E-state index in [0.717, 1.165) is 0 Å². The molecule has 2 N–H and O–H groups in total. The molecule has 1 aromatic heterocycles. The molecule has 1 aliphatic carbocycles. The van der Waals surface area contributed by atoms with Crippen LogP contribution in [0.4, 0.5) is 0 Å². The van der Waals surface area contributed by atoms with Crippen LogP contribution in [-0.2, 0) is 4.79 Å². The van der Waals surface area contributed by atoms with Crippen LogP contribution in [0.25, 0.3) is 0 Å². The Balaban J connectivity index is 1.87. The summed E-state index contributed by atoms with van der Waals surface area (Å²) >= 11 is 5.71. The SMILES string of the molecule is O=C(NC1CCC(C(=O)O)CC1)c1ccoc1Cl. The molecule has 1 heterocycles. The van der Waals surface area contributed by atoms with Gasteiger partial charge in [0.05, 0.1) is 17.7 Å². The van der Waals surface area contributed by atoms with E-state index in [0.29, 0.717) is 31.2 Å². The van der Waals surface area contributed by atoms with Gasteiger partial charge in [-0.1, -0.05) is 0 Å². The fourth-order valence-corrected chi connectivity index (χ4v) is 2.40. The van der Waals surface area contributed by atoms with Crippen molar-refractivity contribution in [2.75, 3.05) is 0 Å². The first-order valence-corrected chi connectivity index (χ1v) is 6.22. The molecular weight excluding hydrogens is 258 g/mol. The number of furan rings is 1. The second kappa shape index (κ2) is 5.44. The third-order valence-electron chi connectivity index (χ3n) is 3.27. The lowest BCUT2D eigenvalue weighted by Crippen LogP contribution is -2.38. The molecule has 18 heavy (non-hydrogen) atoms. The van der Waals surface area contributed by atoms with Crippen LogP contribution in [0, 0.1) is 5.92 Å². The number of carboxylic acid groups (broad SMARTS) is 1. The van der Waals surface area contributed by atoms with Crippen LogP contribution in [0.5, 0.6) is 0 Å². The van der Waals surface area contributed by atoms with Gasteiger partial charge in [0.15, 0.2) is 0 Å². The van der Waals surface area contributed by atoms with E-state index in [9.17, 15) is 9.59 Å². The first-order valence-electron chi connectivity index (χ1n) is 5.84. The highest BCUT2D eigenvalue weighted by Crippen LogP contribution is 2.25. The number of carbonyl (C=O) groups excluding carboxylic acids is 1. The third-order valence-corrected chi connectivity index (χ3v) is 3.57. The standard InChI is InChI=1S/C12H14ClNO4/c13-10-9(5-6-18-10)11(15)14-8-3-1-7(2-4-8)12(16)17/h5-8H,1-4H2,(H,14,15)(H,16,17). The average molecular weight is 272 g/mol. The maximum Gasteiger partial charge on any atom is 0.306 e. The second-order valence-corrected chi connectivity index (χ2v) is 4.81.